The molecule has 0 aromatic rings. The molecule has 104 valence electrons. The van der Waals surface area contributed by atoms with Crippen molar-refractivity contribution in [3.05, 3.63) is 0 Å². The first-order chi connectivity index (χ1) is 8.24. The molecule has 6 heteroatoms. The number of carbonyl (C=O) groups is 2. The Hall–Kier alpha value is -0.970. The fourth-order valence-electron chi connectivity index (χ4n) is 1.68. The minimum absolute atomic E-state index is 0.119. The second kappa shape index (κ2) is 5.78. The van der Waals surface area contributed by atoms with Gasteiger partial charge in [0.25, 0.3) is 0 Å². The number of esters is 1. The van der Waals surface area contributed by atoms with Gasteiger partial charge in [-0.1, -0.05) is 18.5 Å². The molecule has 0 N–H and O–H groups in total. The molecule has 1 aliphatic rings. The van der Waals surface area contributed by atoms with Gasteiger partial charge in [-0.25, -0.2) is 4.79 Å². The molecule has 0 spiro atoms. The molecule has 5 nitrogen and oxygen atoms in total. The highest BCUT2D eigenvalue weighted by molar-refractivity contribution is 6.17. The van der Waals surface area contributed by atoms with E-state index < -0.39 is 5.60 Å². The van der Waals surface area contributed by atoms with Crippen LogP contribution in [0.5, 0.6) is 0 Å². The normalized spacial score (nSPS) is 17.9. The second-order valence-electron chi connectivity index (χ2n) is 5.51. The first-order valence-electron chi connectivity index (χ1n) is 5.95. The monoisotopic (exact) mass is 277 g/mol. The lowest BCUT2D eigenvalue weighted by Gasteiger charge is -2.41. The number of nitrogens with zero attached hydrogens (tertiary/aromatic N) is 1. The van der Waals surface area contributed by atoms with Gasteiger partial charge in [0.2, 0.25) is 0 Å². The third kappa shape index (κ3) is 4.05. The van der Waals surface area contributed by atoms with Gasteiger partial charge in [-0.05, 0) is 20.8 Å². The molecule has 0 bridgehead atoms. The predicted octanol–water partition coefficient (Wildman–Crippen LogP) is 2.23. The number of rotatable bonds is 3. The van der Waals surface area contributed by atoms with E-state index in [0.717, 1.165) is 0 Å². The SMILES string of the molecule is CC(C(=O)OCCl)C1CN(C(=O)OC(C)(C)C)C1. The van der Waals surface area contributed by atoms with Crippen LogP contribution in [0, 0.1) is 11.8 Å². The standard InChI is InChI=1S/C12H20ClNO4/c1-8(10(15)17-7-13)9-5-14(6-9)11(16)18-12(2,3)4/h8-9H,5-7H2,1-4H3. The largest absolute Gasteiger partial charge is 0.449 e. The second-order valence-corrected chi connectivity index (χ2v) is 5.72. The van der Waals surface area contributed by atoms with Gasteiger partial charge in [0.05, 0.1) is 5.92 Å². The van der Waals surface area contributed by atoms with Crippen LogP contribution in [0.4, 0.5) is 4.79 Å². The van der Waals surface area contributed by atoms with Crippen molar-refractivity contribution in [1.29, 1.82) is 0 Å². The van der Waals surface area contributed by atoms with Crippen LogP contribution in [0.2, 0.25) is 0 Å². The number of halogens is 1. The summed E-state index contributed by atoms with van der Waals surface area (Å²) in [6, 6.07) is -0.133. The van der Waals surface area contributed by atoms with E-state index in [1.165, 1.54) is 0 Å². The van der Waals surface area contributed by atoms with Gasteiger partial charge < -0.3 is 14.4 Å². The maximum atomic E-state index is 11.7. The fourth-order valence-corrected chi connectivity index (χ4v) is 1.79. The van der Waals surface area contributed by atoms with Crippen molar-refractivity contribution in [2.45, 2.75) is 33.3 Å². The number of ether oxygens (including phenoxy) is 2. The number of amides is 1. The van der Waals surface area contributed by atoms with E-state index in [1.54, 1.807) is 11.8 Å². The highest BCUT2D eigenvalue weighted by atomic mass is 35.5. The van der Waals surface area contributed by atoms with E-state index in [-0.39, 0.29) is 30.0 Å². The van der Waals surface area contributed by atoms with Crippen LogP contribution in [-0.2, 0) is 14.3 Å². The number of carbonyl (C=O) groups excluding carboxylic acids is 2. The summed E-state index contributed by atoms with van der Waals surface area (Å²) in [7, 11) is 0. The molecule has 1 aliphatic heterocycles. The summed E-state index contributed by atoms with van der Waals surface area (Å²) in [6.07, 6.45) is -0.336. The molecular weight excluding hydrogens is 258 g/mol. The first kappa shape index (κ1) is 15.1. The lowest BCUT2D eigenvalue weighted by Crippen LogP contribution is -2.54. The molecule has 1 fully saturated rings. The molecular formula is C12H20ClNO4. The van der Waals surface area contributed by atoms with E-state index in [4.69, 9.17) is 21.1 Å². The average Bonchev–Trinajstić information content (AvgIpc) is 2.12. The number of hydrogen-bond donors (Lipinski definition) is 0. The van der Waals surface area contributed by atoms with Crippen LogP contribution in [0.25, 0.3) is 0 Å². The van der Waals surface area contributed by atoms with E-state index in [1.807, 2.05) is 20.8 Å². The van der Waals surface area contributed by atoms with Crippen molar-refractivity contribution < 1.29 is 19.1 Å². The highest BCUT2D eigenvalue weighted by Gasteiger charge is 2.39. The quantitative estimate of drug-likeness (QED) is 0.586. The van der Waals surface area contributed by atoms with Crippen LogP contribution >= 0.6 is 11.6 Å². The van der Waals surface area contributed by atoms with Gasteiger partial charge in [-0.3, -0.25) is 4.79 Å². The third-order valence-electron chi connectivity index (χ3n) is 2.84. The molecule has 1 unspecified atom stereocenters. The van der Waals surface area contributed by atoms with E-state index >= 15 is 0 Å². The number of hydrogen-bond acceptors (Lipinski definition) is 4. The Kier molecular flexibility index (Phi) is 4.85. The smallest absolute Gasteiger partial charge is 0.410 e. The molecule has 1 rings (SSSR count). The number of likely N-dealkylation sites (tertiary alicyclic amines) is 1. The summed E-state index contributed by atoms with van der Waals surface area (Å²) >= 11 is 5.33. The zero-order chi connectivity index (χ0) is 13.9. The zero-order valence-electron chi connectivity index (χ0n) is 11.2. The van der Waals surface area contributed by atoms with Crippen molar-refractivity contribution in [2.24, 2.45) is 11.8 Å². The van der Waals surface area contributed by atoms with Gasteiger partial charge in [0.15, 0.2) is 6.07 Å². The summed E-state index contributed by atoms with van der Waals surface area (Å²) in [5.74, 6) is -0.450. The van der Waals surface area contributed by atoms with Crippen LogP contribution in [0.1, 0.15) is 27.7 Å². The zero-order valence-corrected chi connectivity index (χ0v) is 12.0. The summed E-state index contributed by atoms with van der Waals surface area (Å²) in [5.41, 5.74) is -0.495. The predicted molar refractivity (Wildman–Crippen MR) is 67.3 cm³/mol. The van der Waals surface area contributed by atoms with Gasteiger partial charge in [0.1, 0.15) is 5.60 Å². The Morgan fingerprint density at radius 3 is 2.39 bits per heavy atom. The van der Waals surface area contributed by atoms with Crippen LogP contribution < -0.4 is 0 Å². The van der Waals surface area contributed by atoms with Crippen LogP contribution in [0.15, 0.2) is 0 Å². The summed E-state index contributed by atoms with van der Waals surface area (Å²) in [6.45, 7) is 8.29. The van der Waals surface area contributed by atoms with Gasteiger partial charge >= 0.3 is 12.1 Å². The molecule has 0 aliphatic carbocycles. The molecule has 18 heavy (non-hydrogen) atoms. The Morgan fingerprint density at radius 1 is 1.39 bits per heavy atom. The minimum Gasteiger partial charge on any atom is -0.449 e. The Labute approximate surface area is 112 Å². The molecule has 0 aromatic heterocycles. The maximum absolute atomic E-state index is 11.7. The maximum Gasteiger partial charge on any atom is 0.410 e. The number of alkyl halides is 1. The van der Waals surface area contributed by atoms with E-state index in [0.29, 0.717) is 13.1 Å². The minimum atomic E-state index is -0.495. The van der Waals surface area contributed by atoms with Gasteiger partial charge in [0, 0.05) is 19.0 Å². The summed E-state index contributed by atoms with van der Waals surface area (Å²) < 4.78 is 9.96. The van der Waals surface area contributed by atoms with Crippen molar-refractivity contribution in [3.8, 4) is 0 Å². The molecule has 1 heterocycles. The topological polar surface area (TPSA) is 55.8 Å². The van der Waals surface area contributed by atoms with E-state index in [9.17, 15) is 9.59 Å². The van der Waals surface area contributed by atoms with Crippen molar-refractivity contribution in [2.75, 3.05) is 19.2 Å². The third-order valence-corrected chi connectivity index (χ3v) is 2.95. The molecule has 1 atom stereocenters. The van der Waals surface area contributed by atoms with Gasteiger partial charge in [-0.2, -0.15) is 0 Å². The first-order valence-corrected chi connectivity index (χ1v) is 6.48. The fraction of sp³-hybridized carbons (Fsp3) is 0.833. The van der Waals surface area contributed by atoms with Crippen molar-refractivity contribution in [1.82, 2.24) is 4.90 Å². The highest BCUT2D eigenvalue weighted by Crippen LogP contribution is 2.26. The van der Waals surface area contributed by atoms with Crippen molar-refractivity contribution in [3.63, 3.8) is 0 Å². The summed E-state index contributed by atoms with van der Waals surface area (Å²) in [5, 5.41) is 0. The van der Waals surface area contributed by atoms with Crippen molar-refractivity contribution >= 4 is 23.7 Å². The lowest BCUT2D eigenvalue weighted by molar-refractivity contribution is -0.150. The van der Waals surface area contributed by atoms with E-state index in [2.05, 4.69) is 0 Å². The Bertz CT molecular complexity index is 321. The Morgan fingerprint density at radius 2 is 1.94 bits per heavy atom. The lowest BCUT2D eigenvalue weighted by atomic mass is 9.87. The Balaban J connectivity index is 2.35. The van der Waals surface area contributed by atoms with Crippen LogP contribution in [0.3, 0.4) is 0 Å². The summed E-state index contributed by atoms with van der Waals surface area (Å²) in [4.78, 5) is 24.7. The van der Waals surface area contributed by atoms with Crippen LogP contribution in [-0.4, -0.2) is 41.7 Å². The molecule has 1 saturated heterocycles. The van der Waals surface area contributed by atoms with Gasteiger partial charge in [-0.15, -0.1) is 0 Å². The molecule has 0 saturated carbocycles. The average molecular weight is 278 g/mol. The molecule has 1 amide bonds. The molecule has 0 aromatic carbocycles. The molecule has 0 radical (unpaired) electrons.